The first-order chi connectivity index (χ1) is 19.5. The van der Waals surface area contributed by atoms with Gasteiger partial charge in [-0.3, -0.25) is 9.36 Å². The molecule has 3 heterocycles. The Morgan fingerprint density at radius 1 is 1.02 bits per heavy atom. The number of aryl methyl sites for hydroxylation is 3. The molecular weight excluding hydrogens is 532 g/mol. The van der Waals surface area contributed by atoms with Crippen LogP contribution in [0.2, 0.25) is 0 Å². The van der Waals surface area contributed by atoms with Crippen molar-refractivity contribution in [3.63, 3.8) is 0 Å². The van der Waals surface area contributed by atoms with Gasteiger partial charge in [0, 0.05) is 36.9 Å². The average molecular weight is 569 g/mol. The van der Waals surface area contributed by atoms with Crippen molar-refractivity contribution >= 4 is 29.1 Å². The molecule has 0 saturated carbocycles. The van der Waals surface area contributed by atoms with Crippen molar-refractivity contribution in [1.29, 1.82) is 0 Å². The smallest absolute Gasteiger partial charge is 0.338 e. The van der Waals surface area contributed by atoms with E-state index in [9.17, 15) is 9.59 Å². The lowest BCUT2D eigenvalue weighted by molar-refractivity contribution is -0.139. The predicted octanol–water partition coefficient (Wildman–Crippen LogP) is 4.89. The summed E-state index contributed by atoms with van der Waals surface area (Å²) in [5.41, 5.74) is 9.25. The third-order valence-corrected chi connectivity index (χ3v) is 8.45. The maximum absolute atomic E-state index is 14.1. The van der Waals surface area contributed by atoms with Crippen LogP contribution in [0.25, 0.3) is 11.8 Å². The van der Waals surface area contributed by atoms with Crippen LogP contribution in [0.1, 0.15) is 53.5 Å². The Kier molecular flexibility index (Phi) is 7.62. The van der Waals surface area contributed by atoms with E-state index in [0.717, 1.165) is 33.9 Å². The quantitative estimate of drug-likeness (QED) is 0.311. The van der Waals surface area contributed by atoms with Gasteiger partial charge in [0.15, 0.2) is 4.80 Å². The molecule has 5 rings (SSSR count). The summed E-state index contributed by atoms with van der Waals surface area (Å²) in [5.74, 6) is -0.457. The van der Waals surface area contributed by atoms with E-state index in [-0.39, 0.29) is 12.2 Å². The number of carbonyl (C=O) groups excluding carboxylic acids is 1. The summed E-state index contributed by atoms with van der Waals surface area (Å²) < 4.78 is 9.86. The minimum atomic E-state index is -0.633. The van der Waals surface area contributed by atoms with Gasteiger partial charge in [-0.2, -0.15) is 0 Å². The molecule has 1 aliphatic rings. The number of hydrogen-bond donors (Lipinski definition) is 0. The molecule has 0 fully saturated rings. The van der Waals surface area contributed by atoms with Gasteiger partial charge in [0.2, 0.25) is 0 Å². The summed E-state index contributed by atoms with van der Waals surface area (Å²) in [6.07, 6.45) is 1.95. The van der Waals surface area contributed by atoms with Crippen molar-refractivity contribution in [1.82, 2.24) is 9.13 Å². The second-order valence-corrected chi connectivity index (χ2v) is 11.8. The fourth-order valence-corrected chi connectivity index (χ4v) is 6.65. The van der Waals surface area contributed by atoms with Gasteiger partial charge < -0.3 is 14.2 Å². The first-order valence-corrected chi connectivity index (χ1v) is 14.6. The maximum Gasteiger partial charge on any atom is 0.338 e. The maximum atomic E-state index is 14.1. The van der Waals surface area contributed by atoms with E-state index in [4.69, 9.17) is 9.73 Å². The number of nitrogens with zero attached hydrogens (tertiary/aromatic N) is 4. The molecule has 2 aromatic carbocycles. The van der Waals surface area contributed by atoms with Crippen LogP contribution in [0.15, 0.2) is 69.6 Å². The van der Waals surface area contributed by atoms with Crippen molar-refractivity contribution in [2.24, 2.45) is 4.99 Å². The topological polar surface area (TPSA) is 68.8 Å². The molecule has 0 spiro atoms. The number of carbonyl (C=O) groups is 1. The summed E-state index contributed by atoms with van der Waals surface area (Å²) in [4.78, 5) is 34.5. The monoisotopic (exact) mass is 568 g/mol. The van der Waals surface area contributed by atoms with E-state index in [2.05, 4.69) is 56.5 Å². The first kappa shape index (κ1) is 28.4. The molecule has 7 nitrogen and oxygen atoms in total. The molecule has 2 aromatic heterocycles. The summed E-state index contributed by atoms with van der Waals surface area (Å²) >= 11 is 1.34. The molecule has 4 aromatic rings. The van der Waals surface area contributed by atoms with Crippen LogP contribution in [-0.2, 0) is 9.53 Å². The molecular formula is C33H36N4O3S. The van der Waals surface area contributed by atoms with Crippen LogP contribution in [0.3, 0.4) is 0 Å². The number of benzene rings is 2. The molecule has 1 aliphatic heterocycles. The number of ether oxygens (including phenoxy) is 1. The lowest BCUT2D eigenvalue weighted by Crippen LogP contribution is -2.40. The normalized spacial score (nSPS) is 15.1. The van der Waals surface area contributed by atoms with Crippen LogP contribution < -0.4 is 19.8 Å². The summed E-state index contributed by atoms with van der Waals surface area (Å²) in [6.45, 7) is 12.2. The Morgan fingerprint density at radius 3 is 2.29 bits per heavy atom. The zero-order chi connectivity index (χ0) is 29.6. The van der Waals surface area contributed by atoms with Gasteiger partial charge in [0.1, 0.15) is 0 Å². The van der Waals surface area contributed by atoms with Gasteiger partial charge in [-0.25, -0.2) is 9.79 Å². The number of aromatic nitrogens is 2. The summed E-state index contributed by atoms with van der Waals surface area (Å²) in [6, 6.07) is 15.9. The van der Waals surface area contributed by atoms with E-state index in [1.807, 2.05) is 56.3 Å². The molecule has 0 amide bonds. The van der Waals surface area contributed by atoms with Crippen molar-refractivity contribution in [3.8, 4) is 5.69 Å². The summed E-state index contributed by atoms with van der Waals surface area (Å²) in [5, 5.41) is 0. The molecule has 1 atom stereocenters. The molecule has 41 heavy (non-hydrogen) atoms. The number of allylic oxidation sites excluding steroid dienone is 1. The number of esters is 1. The van der Waals surface area contributed by atoms with Gasteiger partial charge in [-0.15, -0.1) is 0 Å². The molecule has 0 radical (unpaired) electrons. The highest BCUT2D eigenvalue weighted by Crippen LogP contribution is 2.32. The van der Waals surface area contributed by atoms with E-state index < -0.39 is 12.0 Å². The molecule has 0 bridgehead atoms. The standard InChI is InChI=1S/C33H36N4O3S/c1-9-40-32(39)29-22(5)34-33-37(30(29)24-10-12-26(13-11-24)35(7)8)31(38)28(41-33)18-25-17-21(4)36(23(25)6)27-15-19(2)14-20(3)16-27/h10-18,30H,9H2,1-8H3/b28-18+/t30-/m0/s1. The molecule has 212 valence electrons. The average Bonchev–Trinajstić information content (AvgIpc) is 3.36. The second-order valence-electron chi connectivity index (χ2n) is 10.8. The fraction of sp³-hybridized carbons (Fsp3) is 0.303. The molecule has 8 heteroatoms. The first-order valence-electron chi connectivity index (χ1n) is 13.7. The van der Waals surface area contributed by atoms with E-state index in [1.54, 1.807) is 11.5 Å². The van der Waals surface area contributed by atoms with Crippen molar-refractivity contribution in [2.75, 3.05) is 25.6 Å². The third kappa shape index (κ3) is 5.20. The highest BCUT2D eigenvalue weighted by Gasteiger charge is 2.33. The van der Waals surface area contributed by atoms with Gasteiger partial charge in [0.25, 0.3) is 5.56 Å². The second kappa shape index (κ2) is 11.0. The Balaban J connectivity index is 1.68. The van der Waals surface area contributed by atoms with Crippen molar-refractivity contribution in [3.05, 3.63) is 113 Å². The van der Waals surface area contributed by atoms with E-state index in [0.29, 0.717) is 20.6 Å². The fourth-order valence-electron chi connectivity index (χ4n) is 5.61. The number of rotatable bonds is 6. The predicted molar refractivity (Wildman–Crippen MR) is 166 cm³/mol. The molecule has 0 aliphatic carbocycles. The Morgan fingerprint density at radius 2 is 1.68 bits per heavy atom. The minimum Gasteiger partial charge on any atom is -0.463 e. The van der Waals surface area contributed by atoms with Crippen LogP contribution in [0.5, 0.6) is 0 Å². The van der Waals surface area contributed by atoms with Crippen molar-refractivity contribution in [2.45, 2.75) is 47.6 Å². The lowest BCUT2D eigenvalue weighted by Gasteiger charge is -2.25. The van der Waals surface area contributed by atoms with Gasteiger partial charge in [0.05, 0.1) is 28.5 Å². The highest BCUT2D eigenvalue weighted by atomic mass is 32.1. The highest BCUT2D eigenvalue weighted by molar-refractivity contribution is 7.07. The van der Waals surface area contributed by atoms with E-state index in [1.165, 1.54) is 22.5 Å². The van der Waals surface area contributed by atoms with E-state index >= 15 is 0 Å². The van der Waals surface area contributed by atoms with Gasteiger partial charge in [-0.1, -0.05) is 29.5 Å². The van der Waals surface area contributed by atoms with Crippen molar-refractivity contribution < 1.29 is 9.53 Å². The number of anilines is 1. The van der Waals surface area contributed by atoms with Crippen LogP contribution >= 0.6 is 11.3 Å². The Bertz CT molecular complexity index is 1850. The Hall–Kier alpha value is -4.17. The Labute approximate surface area is 244 Å². The van der Waals surface area contributed by atoms with Crippen LogP contribution in [0, 0.1) is 27.7 Å². The number of fused-ring (bicyclic) bond motifs is 1. The lowest BCUT2D eigenvalue weighted by atomic mass is 9.95. The SMILES string of the molecule is CCOC(=O)C1=C(C)N=c2s/c(=C/c3cc(C)n(-c4cc(C)cc(C)c4)c3C)c(=O)n2[C@H]1c1ccc(N(C)C)cc1. The largest absolute Gasteiger partial charge is 0.463 e. The number of thiazole rings is 1. The zero-order valence-corrected chi connectivity index (χ0v) is 25.7. The van der Waals surface area contributed by atoms with Gasteiger partial charge in [-0.05, 0) is 100 Å². The summed E-state index contributed by atoms with van der Waals surface area (Å²) in [7, 11) is 3.95. The zero-order valence-electron chi connectivity index (χ0n) is 24.9. The molecule has 0 unspecified atom stereocenters. The minimum absolute atomic E-state index is 0.180. The molecule has 0 saturated heterocycles. The number of hydrogen-bond acceptors (Lipinski definition) is 6. The third-order valence-electron chi connectivity index (χ3n) is 7.46. The van der Waals surface area contributed by atoms with Crippen LogP contribution in [0.4, 0.5) is 5.69 Å². The van der Waals surface area contributed by atoms with Gasteiger partial charge >= 0.3 is 5.97 Å². The molecule has 0 N–H and O–H groups in total. The van der Waals surface area contributed by atoms with Crippen LogP contribution in [-0.4, -0.2) is 35.8 Å².